The number of rotatable bonds is 5. The Kier molecular flexibility index (Phi) is 4.41. The molecule has 0 radical (unpaired) electrons. The monoisotopic (exact) mass is 274 g/mol. The van der Waals surface area contributed by atoms with Crippen molar-refractivity contribution in [3.63, 3.8) is 0 Å². The van der Waals surface area contributed by atoms with E-state index in [0.717, 1.165) is 10.6 Å². The van der Waals surface area contributed by atoms with E-state index in [1.165, 1.54) is 6.07 Å². The second kappa shape index (κ2) is 6.24. The summed E-state index contributed by atoms with van der Waals surface area (Å²) in [7, 11) is 0. The molecule has 0 atom stereocenters. The molecule has 0 saturated heterocycles. The zero-order valence-corrected chi connectivity index (χ0v) is 11.3. The lowest BCUT2D eigenvalue weighted by molar-refractivity contribution is -0.385. The van der Waals surface area contributed by atoms with Gasteiger partial charge in [-0.25, -0.2) is 0 Å². The predicted molar refractivity (Wildman–Crippen MR) is 78.6 cm³/mol. The zero-order valence-electron chi connectivity index (χ0n) is 10.5. The molecule has 2 aromatic carbocycles. The van der Waals surface area contributed by atoms with Crippen molar-refractivity contribution in [2.45, 2.75) is 11.4 Å². The van der Waals surface area contributed by atoms with Crippen LogP contribution in [0.15, 0.2) is 53.4 Å². The molecule has 0 saturated carbocycles. The molecule has 4 nitrogen and oxygen atoms in total. The lowest BCUT2D eigenvalue weighted by Gasteiger charge is -2.10. The number of nitrogens with zero attached hydrogens (tertiary/aromatic N) is 1. The number of nitro groups is 1. The maximum atomic E-state index is 10.9. The fraction of sp³-hybridized carbons (Fsp3) is 0.143. The van der Waals surface area contributed by atoms with Crippen LogP contribution in [0.1, 0.15) is 5.56 Å². The summed E-state index contributed by atoms with van der Waals surface area (Å²) in [6, 6.07) is 14.7. The summed E-state index contributed by atoms with van der Waals surface area (Å²) in [6.07, 6.45) is 2.01. The molecular formula is C14H14N2O2S. The molecule has 2 rings (SSSR count). The van der Waals surface area contributed by atoms with E-state index in [2.05, 4.69) is 5.32 Å². The van der Waals surface area contributed by atoms with Gasteiger partial charge in [-0.2, -0.15) is 0 Å². The Morgan fingerprint density at radius 2 is 1.84 bits per heavy atom. The Morgan fingerprint density at radius 3 is 2.58 bits per heavy atom. The van der Waals surface area contributed by atoms with Gasteiger partial charge in [0.25, 0.3) is 5.69 Å². The van der Waals surface area contributed by atoms with Gasteiger partial charge >= 0.3 is 0 Å². The van der Waals surface area contributed by atoms with Crippen molar-refractivity contribution >= 4 is 23.1 Å². The highest BCUT2D eigenvalue weighted by molar-refractivity contribution is 7.98. The molecule has 98 valence electrons. The van der Waals surface area contributed by atoms with Crippen molar-refractivity contribution in [3.8, 4) is 0 Å². The number of benzene rings is 2. The van der Waals surface area contributed by atoms with Gasteiger partial charge in [-0.3, -0.25) is 10.1 Å². The van der Waals surface area contributed by atoms with E-state index in [9.17, 15) is 10.1 Å². The molecule has 0 aliphatic carbocycles. The molecule has 19 heavy (non-hydrogen) atoms. The topological polar surface area (TPSA) is 55.2 Å². The summed E-state index contributed by atoms with van der Waals surface area (Å²) in [5.41, 5.74) is 1.83. The normalized spacial score (nSPS) is 10.2. The zero-order chi connectivity index (χ0) is 13.7. The summed E-state index contributed by atoms with van der Waals surface area (Å²) in [5.74, 6) is 0. The highest BCUT2D eigenvalue weighted by atomic mass is 32.2. The van der Waals surface area contributed by atoms with Crippen LogP contribution in [0.25, 0.3) is 0 Å². The van der Waals surface area contributed by atoms with E-state index >= 15 is 0 Å². The number of thioether (sulfide) groups is 1. The molecule has 0 aliphatic rings. The van der Waals surface area contributed by atoms with Crippen molar-refractivity contribution in [2.75, 3.05) is 11.6 Å². The van der Waals surface area contributed by atoms with Gasteiger partial charge in [0.2, 0.25) is 0 Å². The van der Waals surface area contributed by atoms with Crippen molar-refractivity contribution in [2.24, 2.45) is 0 Å². The molecule has 0 amide bonds. The van der Waals surface area contributed by atoms with Gasteiger partial charge in [-0.15, -0.1) is 11.8 Å². The summed E-state index contributed by atoms with van der Waals surface area (Å²) in [6.45, 7) is 0.439. The third-order valence-electron chi connectivity index (χ3n) is 2.76. The van der Waals surface area contributed by atoms with Gasteiger partial charge in [0.1, 0.15) is 0 Å². The van der Waals surface area contributed by atoms with Crippen molar-refractivity contribution in [1.29, 1.82) is 0 Å². The number of hydrogen-bond acceptors (Lipinski definition) is 4. The number of nitrogens with one attached hydrogen (secondary N) is 1. The SMILES string of the molecule is CSc1ccccc1NCc1ccccc1[N+](=O)[O-]. The van der Waals surface area contributed by atoms with E-state index in [1.807, 2.05) is 36.6 Å². The Hall–Kier alpha value is -2.01. The van der Waals surface area contributed by atoms with Crippen LogP contribution in [0.2, 0.25) is 0 Å². The maximum absolute atomic E-state index is 10.9. The highest BCUT2D eigenvalue weighted by Crippen LogP contribution is 2.26. The molecule has 0 heterocycles. The standard InChI is InChI=1S/C14H14N2O2S/c1-19-14-9-5-3-7-12(14)15-10-11-6-2-4-8-13(11)16(17)18/h2-9,15H,10H2,1H3. The summed E-state index contributed by atoms with van der Waals surface area (Å²) in [4.78, 5) is 11.7. The van der Waals surface area contributed by atoms with Crippen LogP contribution in [0.3, 0.4) is 0 Å². The molecule has 5 heteroatoms. The van der Waals surface area contributed by atoms with Crippen LogP contribution in [0, 0.1) is 10.1 Å². The summed E-state index contributed by atoms with van der Waals surface area (Å²) in [5, 5.41) is 14.2. The minimum absolute atomic E-state index is 0.150. The molecule has 2 aromatic rings. The maximum Gasteiger partial charge on any atom is 0.274 e. The Labute approximate surface area is 116 Å². The average molecular weight is 274 g/mol. The minimum Gasteiger partial charge on any atom is -0.380 e. The molecular weight excluding hydrogens is 260 g/mol. The number of anilines is 1. The number of para-hydroxylation sites is 2. The van der Waals surface area contributed by atoms with E-state index in [1.54, 1.807) is 23.9 Å². The average Bonchev–Trinajstić information content (AvgIpc) is 2.45. The van der Waals surface area contributed by atoms with E-state index in [-0.39, 0.29) is 10.6 Å². The van der Waals surface area contributed by atoms with Gasteiger partial charge in [-0.05, 0) is 18.4 Å². The second-order valence-corrected chi connectivity index (χ2v) is 4.79. The first-order chi connectivity index (χ1) is 9.22. The van der Waals surface area contributed by atoms with Crippen LogP contribution in [-0.2, 0) is 6.54 Å². The molecule has 0 bridgehead atoms. The van der Waals surface area contributed by atoms with E-state index in [0.29, 0.717) is 12.1 Å². The van der Waals surface area contributed by atoms with Crippen LogP contribution in [-0.4, -0.2) is 11.2 Å². The predicted octanol–water partition coefficient (Wildman–Crippen LogP) is 3.93. The third kappa shape index (κ3) is 3.26. The highest BCUT2D eigenvalue weighted by Gasteiger charge is 2.12. The lowest BCUT2D eigenvalue weighted by atomic mass is 10.2. The van der Waals surface area contributed by atoms with E-state index < -0.39 is 0 Å². The number of hydrogen-bond donors (Lipinski definition) is 1. The van der Waals surface area contributed by atoms with Gasteiger partial charge in [0.15, 0.2) is 0 Å². The summed E-state index contributed by atoms with van der Waals surface area (Å²) >= 11 is 1.64. The fourth-order valence-corrected chi connectivity index (χ4v) is 2.39. The Balaban J connectivity index is 2.17. The first-order valence-electron chi connectivity index (χ1n) is 5.81. The molecule has 0 spiro atoms. The van der Waals surface area contributed by atoms with E-state index in [4.69, 9.17) is 0 Å². The minimum atomic E-state index is -0.350. The Bertz CT molecular complexity index is 587. The van der Waals surface area contributed by atoms with Crippen LogP contribution < -0.4 is 5.32 Å². The van der Waals surface area contributed by atoms with Gasteiger partial charge in [-0.1, -0.05) is 30.3 Å². The lowest BCUT2D eigenvalue weighted by Crippen LogP contribution is -2.03. The van der Waals surface area contributed by atoms with Gasteiger partial charge in [0, 0.05) is 28.8 Å². The first-order valence-corrected chi connectivity index (χ1v) is 7.04. The molecule has 0 fully saturated rings. The Morgan fingerprint density at radius 1 is 1.16 bits per heavy atom. The molecule has 0 aliphatic heterocycles. The molecule has 0 unspecified atom stereocenters. The smallest absolute Gasteiger partial charge is 0.274 e. The fourth-order valence-electron chi connectivity index (χ4n) is 1.82. The van der Waals surface area contributed by atoms with Crippen LogP contribution in [0.4, 0.5) is 11.4 Å². The summed E-state index contributed by atoms with van der Waals surface area (Å²) < 4.78 is 0. The second-order valence-electron chi connectivity index (χ2n) is 3.94. The third-order valence-corrected chi connectivity index (χ3v) is 3.56. The van der Waals surface area contributed by atoms with Gasteiger partial charge < -0.3 is 5.32 Å². The van der Waals surface area contributed by atoms with Gasteiger partial charge in [0.05, 0.1) is 4.92 Å². The number of nitro benzene ring substituents is 1. The quantitative estimate of drug-likeness (QED) is 0.510. The molecule has 1 N–H and O–H groups in total. The van der Waals surface area contributed by atoms with Crippen LogP contribution >= 0.6 is 11.8 Å². The largest absolute Gasteiger partial charge is 0.380 e. The van der Waals surface area contributed by atoms with Crippen molar-refractivity contribution in [1.82, 2.24) is 0 Å². The van der Waals surface area contributed by atoms with Crippen molar-refractivity contribution < 1.29 is 4.92 Å². The molecule has 0 aromatic heterocycles. The first kappa shape index (κ1) is 13.4. The van der Waals surface area contributed by atoms with Crippen molar-refractivity contribution in [3.05, 3.63) is 64.2 Å². The van der Waals surface area contributed by atoms with Crippen LogP contribution in [0.5, 0.6) is 0 Å².